The summed E-state index contributed by atoms with van der Waals surface area (Å²) in [5.41, 5.74) is 2.50. The van der Waals surface area contributed by atoms with E-state index >= 15 is 0 Å². The minimum absolute atomic E-state index is 0.137. The van der Waals surface area contributed by atoms with E-state index < -0.39 is 6.61 Å². The molecule has 5 rings (SSSR count). The maximum Gasteiger partial charge on any atom is 0.290 e. The van der Waals surface area contributed by atoms with Gasteiger partial charge in [-0.25, -0.2) is 15.0 Å². The van der Waals surface area contributed by atoms with Crippen molar-refractivity contribution in [3.05, 3.63) is 85.4 Å². The molecule has 4 aromatic heterocycles. The number of thiophene rings is 1. The number of nitrogens with one attached hydrogen (secondary N) is 1. The Balaban J connectivity index is 1.64. The number of allylic oxidation sites excluding steroid dienone is 1. The monoisotopic (exact) mass is 529 g/mol. The van der Waals surface area contributed by atoms with Crippen molar-refractivity contribution >= 4 is 51.0 Å². The van der Waals surface area contributed by atoms with Crippen molar-refractivity contribution in [2.45, 2.75) is 32.6 Å². The third kappa shape index (κ3) is 4.50. The smallest absolute Gasteiger partial charge is 0.290 e. The van der Waals surface area contributed by atoms with Crippen molar-refractivity contribution in [2.24, 2.45) is 12.0 Å². The molecule has 0 spiro atoms. The molecule has 1 aliphatic carbocycles. The molecule has 4 aromatic rings. The molecule has 2 N–H and O–H groups in total. The molecule has 0 atom stereocenters. The molecule has 0 radical (unpaired) electrons. The normalized spacial score (nSPS) is 14.2. The first-order chi connectivity index (χ1) is 18.5. The number of nitrogens with zero attached hydrogens (tertiary/aromatic N) is 6. The van der Waals surface area contributed by atoms with Crippen LogP contribution in [0.2, 0.25) is 0 Å². The topological polar surface area (TPSA) is 127 Å². The van der Waals surface area contributed by atoms with Gasteiger partial charge in [0, 0.05) is 40.8 Å². The zero-order chi connectivity index (χ0) is 26.8. The lowest BCUT2D eigenvalue weighted by Gasteiger charge is -2.17. The lowest BCUT2D eigenvalue weighted by molar-refractivity contribution is 0.335. The van der Waals surface area contributed by atoms with Gasteiger partial charge < -0.3 is 15.0 Å². The van der Waals surface area contributed by atoms with Crippen molar-refractivity contribution in [3.8, 4) is 0 Å². The maximum atomic E-state index is 13.6. The molecular weight excluding hydrogens is 502 g/mol. The van der Waals surface area contributed by atoms with E-state index in [1.165, 1.54) is 37.4 Å². The third-order valence-electron chi connectivity index (χ3n) is 6.63. The molecule has 10 nitrogen and oxygen atoms in total. The van der Waals surface area contributed by atoms with Crippen molar-refractivity contribution < 1.29 is 5.11 Å². The fourth-order valence-corrected chi connectivity index (χ4v) is 6.12. The minimum Gasteiger partial charge on any atom is -0.392 e. The Labute approximate surface area is 222 Å². The van der Waals surface area contributed by atoms with Crippen LogP contribution >= 0.6 is 11.3 Å². The number of aliphatic imine (C=N–C) groups is 1. The molecule has 0 saturated carbocycles. The van der Waals surface area contributed by atoms with Gasteiger partial charge in [0.25, 0.3) is 11.1 Å². The lowest BCUT2D eigenvalue weighted by Crippen LogP contribution is -2.23. The van der Waals surface area contributed by atoms with Gasteiger partial charge in [-0.05, 0) is 62.6 Å². The number of hydrogen-bond acceptors (Lipinski definition) is 9. The second-order valence-electron chi connectivity index (χ2n) is 8.91. The highest BCUT2D eigenvalue weighted by atomic mass is 32.1. The number of hydrogen-bond donors (Lipinski definition) is 2. The second kappa shape index (κ2) is 10.6. The van der Waals surface area contributed by atoms with E-state index in [0.717, 1.165) is 31.1 Å². The van der Waals surface area contributed by atoms with Crippen LogP contribution in [0.5, 0.6) is 0 Å². The fourth-order valence-electron chi connectivity index (χ4n) is 4.83. The number of aliphatic hydroxyl groups excluding tert-OH is 1. The highest BCUT2D eigenvalue weighted by Gasteiger charge is 2.22. The molecule has 0 aromatic carbocycles. The standard InChI is InChI=1S/C27H27N7O3S/c1-4-17(16-11-21(26(36)33(3)13-16)32-23-9-10-29-15-30-23)20(14-35)25(28-2)34-27(37)24-19(12-31-34)18-7-5-6-8-22(18)38-24/h4,9-13,15,35H,2,5-8,14H2,1,3H3,(H,29,30,32)/b17-4-,25-20+. The SMILES string of the molecule is C=N/C(=C(CO)\C(=C/C)c1cc(Nc2ccncn2)c(=O)n(C)c1)n1ncc2c3c(sc2c1=O)CCCC3. The van der Waals surface area contributed by atoms with Crippen molar-refractivity contribution in [1.82, 2.24) is 24.3 Å². The Kier molecular flexibility index (Phi) is 7.12. The van der Waals surface area contributed by atoms with Crippen LogP contribution in [0, 0.1) is 0 Å². The molecule has 0 aliphatic heterocycles. The predicted octanol–water partition coefficient (Wildman–Crippen LogP) is 3.53. The van der Waals surface area contributed by atoms with E-state index in [1.807, 2.05) is 0 Å². The zero-order valence-corrected chi connectivity index (χ0v) is 22.0. The number of fused-ring (bicyclic) bond motifs is 3. The van der Waals surface area contributed by atoms with Gasteiger partial charge in [-0.15, -0.1) is 11.3 Å². The van der Waals surface area contributed by atoms with E-state index in [9.17, 15) is 14.7 Å². The highest BCUT2D eigenvalue weighted by molar-refractivity contribution is 7.19. The fraction of sp³-hybridized carbons (Fsp3) is 0.259. The average Bonchev–Trinajstić information content (AvgIpc) is 3.32. The number of anilines is 2. The first kappa shape index (κ1) is 25.4. The summed E-state index contributed by atoms with van der Waals surface area (Å²) in [4.78, 5) is 39.8. The zero-order valence-electron chi connectivity index (χ0n) is 21.1. The van der Waals surface area contributed by atoms with Gasteiger partial charge in [0.15, 0.2) is 5.82 Å². The summed E-state index contributed by atoms with van der Waals surface area (Å²) in [6.45, 7) is 5.06. The Morgan fingerprint density at radius 1 is 1.29 bits per heavy atom. The van der Waals surface area contributed by atoms with Crippen LogP contribution < -0.4 is 16.4 Å². The van der Waals surface area contributed by atoms with Gasteiger partial charge in [-0.3, -0.25) is 9.59 Å². The minimum atomic E-state index is -0.432. The molecule has 0 bridgehead atoms. The van der Waals surface area contributed by atoms with Crippen LogP contribution in [0.25, 0.3) is 21.5 Å². The number of aromatic nitrogens is 5. The second-order valence-corrected chi connectivity index (χ2v) is 10.0. The quantitative estimate of drug-likeness (QED) is 0.277. The molecule has 38 heavy (non-hydrogen) atoms. The van der Waals surface area contributed by atoms with E-state index in [1.54, 1.807) is 50.8 Å². The van der Waals surface area contributed by atoms with Crippen LogP contribution in [-0.2, 0) is 19.9 Å². The Bertz CT molecular complexity index is 1710. The van der Waals surface area contributed by atoms with Crippen molar-refractivity contribution in [2.75, 3.05) is 11.9 Å². The highest BCUT2D eigenvalue weighted by Crippen LogP contribution is 2.35. The summed E-state index contributed by atoms with van der Waals surface area (Å²) >= 11 is 1.51. The summed E-state index contributed by atoms with van der Waals surface area (Å²) < 4.78 is 3.27. The van der Waals surface area contributed by atoms with Crippen LogP contribution in [0.15, 0.2) is 63.3 Å². The van der Waals surface area contributed by atoms with Crippen molar-refractivity contribution in [3.63, 3.8) is 0 Å². The van der Waals surface area contributed by atoms with E-state index in [-0.39, 0.29) is 22.6 Å². The van der Waals surface area contributed by atoms with E-state index in [2.05, 4.69) is 32.1 Å². The van der Waals surface area contributed by atoms with Gasteiger partial charge in [0.2, 0.25) is 0 Å². The van der Waals surface area contributed by atoms with Crippen molar-refractivity contribution in [1.29, 1.82) is 0 Å². The molecule has 4 heterocycles. The maximum absolute atomic E-state index is 13.6. The average molecular weight is 530 g/mol. The van der Waals surface area contributed by atoms with Crippen LogP contribution in [0.4, 0.5) is 11.5 Å². The largest absolute Gasteiger partial charge is 0.392 e. The summed E-state index contributed by atoms with van der Waals surface area (Å²) in [5.74, 6) is 0.600. The summed E-state index contributed by atoms with van der Waals surface area (Å²) in [5, 5.41) is 18.8. The molecule has 194 valence electrons. The molecule has 11 heteroatoms. The Morgan fingerprint density at radius 2 is 2.11 bits per heavy atom. The summed E-state index contributed by atoms with van der Waals surface area (Å²) in [6.07, 6.45) is 12.3. The van der Waals surface area contributed by atoms with Crippen LogP contribution in [0.1, 0.15) is 35.8 Å². The van der Waals surface area contributed by atoms with E-state index in [4.69, 9.17) is 0 Å². The molecule has 0 unspecified atom stereocenters. The van der Waals surface area contributed by atoms with Gasteiger partial charge in [-0.2, -0.15) is 9.78 Å². The Hall–Kier alpha value is -4.22. The lowest BCUT2D eigenvalue weighted by atomic mass is 9.97. The van der Waals surface area contributed by atoms with Crippen LogP contribution in [-0.4, -0.2) is 42.7 Å². The van der Waals surface area contributed by atoms with Crippen LogP contribution in [0.3, 0.4) is 0 Å². The summed E-state index contributed by atoms with van der Waals surface area (Å²) in [7, 11) is 1.64. The molecular formula is C27H27N7O3S. The number of aryl methyl sites for hydroxylation is 3. The number of pyridine rings is 1. The molecule has 0 fully saturated rings. The first-order valence-corrected chi connectivity index (χ1v) is 13.0. The number of rotatable bonds is 7. The number of aliphatic hydroxyl groups is 1. The molecule has 1 aliphatic rings. The van der Waals surface area contributed by atoms with Gasteiger partial charge in [-0.1, -0.05) is 6.08 Å². The third-order valence-corrected chi connectivity index (χ3v) is 7.93. The Morgan fingerprint density at radius 3 is 2.82 bits per heavy atom. The molecule has 0 saturated heterocycles. The summed E-state index contributed by atoms with van der Waals surface area (Å²) in [6, 6.07) is 3.32. The predicted molar refractivity (Wildman–Crippen MR) is 151 cm³/mol. The van der Waals surface area contributed by atoms with E-state index in [0.29, 0.717) is 27.2 Å². The first-order valence-electron chi connectivity index (χ1n) is 12.2. The van der Waals surface area contributed by atoms with Gasteiger partial charge in [0.1, 0.15) is 22.5 Å². The van der Waals surface area contributed by atoms with Gasteiger partial charge in [0.05, 0.1) is 12.8 Å². The molecule has 0 amide bonds. The van der Waals surface area contributed by atoms with Gasteiger partial charge >= 0.3 is 0 Å².